The van der Waals surface area contributed by atoms with Crippen LogP contribution in [0.15, 0.2) is 30.3 Å². The molecule has 5 heteroatoms. The van der Waals surface area contributed by atoms with Crippen molar-refractivity contribution in [3.05, 3.63) is 46.7 Å². The summed E-state index contributed by atoms with van der Waals surface area (Å²) in [5.74, 6) is 0.672. The van der Waals surface area contributed by atoms with E-state index >= 15 is 0 Å². The molecule has 0 bridgehead atoms. The number of anilines is 1. The highest BCUT2D eigenvalue weighted by Crippen LogP contribution is 2.23. The topological polar surface area (TPSA) is 38.1 Å². The van der Waals surface area contributed by atoms with Crippen LogP contribution in [0.25, 0.3) is 0 Å². The zero-order valence-corrected chi connectivity index (χ0v) is 11.1. The quantitative estimate of drug-likeness (QED) is 0.796. The molecule has 0 aliphatic heterocycles. The molecule has 0 atom stereocenters. The maximum absolute atomic E-state index is 10.9. The summed E-state index contributed by atoms with van der Waals surface area (Å²) >= 11 is 6.17. The van der Waals surface area contributed by atoms with Crippen LogP contribution in [-0.4, -0.2) is 29.9 Å². The van der Waals surface area contributed by atoms with Gasteiger partial charge in [-0.3, -0.25) is 9.36 Å². The average molecular weight is 264 g/mol. The van der Waals surface area contributed by atoms with Gasteiger partial charge < -0.3 is 4.90 Å². The molecule has 0 fully saturated rings. The number of halogens is 1. The van der Waals surface area contributed by atoms with Crippen molar-refractivity contribution in [1.29, 1.82) is 0 Å². The summed E-state index contributed by atoms with van der Waals surface area (Å²) in [5, 5.41) is 0.373. The molecular formula is C13H14ClN3O. The predicted octanol–water partition coefficient (Wildman–Crippen LogP) is 2.46. The standard InChI is InChI=1S/C13H14ClN3O/c1-16(2)13-15-11(9-18)12(14)17(13)8-10-6-4-3-5-7-10/h3-7,9H,8H2,1-2H3. The van der Waals surface area contributed by atoms with Crippen molar-refractivity contribution < 1.29 is 4.79 Å². The van der Waals surface area contributed by atoms with Crippen molar-refractivity contribution in [2.24, 2.45) is 0 Å². The van der Waals surface area contributed by atoms with Gasteiger partial charge in [-0.2, -0.15) is 0 Å². The number of nitrogens with zero attached hydrogens (tertiary/aromatic N) is 3. The summed E-state index contributed by atoms with van der Waals surface area (Å²) in [6.45, 7) is 0.591. The first-order valence-corrected chi connectivity index (χ1v) is 5.93. The van der Waals surface area contributed by atoms with Gasteiger partial charge in [-0.1, -0.05) is 41.9 Å². The van der Waals surface area contributed by atoms with Crippen molar-refractivity contribution in [3.8, 4) is 0 Å². The Balaban J connectivity index is 2.43. The predicted molar refractivity (Wildman–Crippen MR) is 72.5 cm³/mol. The summed E-state index contributed by atoms with van der Waals surface area (Å²) in [5.41, 5.74) is 1.38. The van der Waals surface area contributed by atoms with E-state index in [4.69, 9.17) is 11.6 Å². The van der Waals surface area contributed by atoms with Crippen LogP contribution < -0.4 is 4.90 Å². The fourth-order valence-corrected chi connectivity index (χ4v) is 1.98. The van der Waals surface area contributed by atoms with E-state index in [1.807, 2.05) is 53.9 Å². The smallest absolute Gasteiger partial charge is 0.207 e. The summed E-state index contributed by atoms with van der Waals surface area (Å²) < 4.78 is 1.82. The lowest BCUT2D eigenvalue weighted by Gasteiger charge is -2.14. The van der Waals surface area contributed by atoms with E-state index in [-0.39, 0.29) is 5.69 Å². The fraction of sp³-hybridized carbons (Fsp3) is 0.231. The second kappa shape index (κ2) is 5.23. The molecule has 0 N–H and O–H groups in total. The van der Waals surface area contributed by atoms with Crippen molar-refractivity contribution in [2.75, 3.05) is 19.0 Å². The van der Waals surface area contributed by atoms with E-state index in [9.17, 15) is 4.79 Å². The Morgan fingerprint density at radius 2 is 2.00 bits per heavy atom. The highest BCUT2D eigenvalue weighted by Gasteiger charge is 2.16. The van der Waals surface area contributed by atoms with Gasteiger partial charge in [-0.25, -0.2) is 4.98 Å². The average Bonchev–Trinajstić information content (AvgIpc) is 2.68. The van der Waals surface area contributed by atoms with E-state index in [1.54, 1.807) is 0 Å². The number of aldehydes is 1. The lowest BCUT2D eigenvalue weighted by Crippen LogP contribution is -2.16. The molecule has 0 saturated carbocycles. The summed E-state index contributed by atoms with van der Waals surface area (Å²) in [6, 6.07) is 9.92. The number of carbonyl (C=O) groups is 1. The summed E-state index contributed by atoms with van der Waals surface area (Å²) in [7, 11) is 3.74. The molecule has 0 aliphatic carbocycles. The summed E-state index contributed by atoms with van der Waals surface area (Å²) in [4.78, 5) is 16.9. The lowest BCUT2D eigenvalue weighted by molar-refractivity contribution is 0.111. The molecule has 2 aromatic rings. The summed E-state index contributed by atoms with van der Waals surface area (Å²) in [6.07, 6.45) is 0.677. The minimum absolute atomic E-state index is 0.274. The highest BCUT2D eigenvalue weighted by atomic mass is 35.5. The van der Waals surface area contributed by atoms with Gasteiger partial charge >= 0.3 is 0 Å². The molecule has 2 rings (SSSR count). The Bertz CT molecular complexity index is 549. The molecule has 1 aromatic carbocycles. The van der Waals surface area contributed by atoms with Crippen molar-refractivity contribution >= 4 is 23.8 Å². The Morgan fingerprint density at radius 1 is 1.33 bits per heavy atom. The van der Waals surface area contributed by atoms with Gasteiger partial charge in [0.1, 0.15) is 10.8 Å². The normalized spacial score (nSPS) is 10.4. The zero-order chi connectivity index (χ0) is 13.1. The van der Waals surface area contributed by atoms with Crippen LogP contribution in [0.2, 0.25) is 5.15 Å². The van der Waals surface area contributed by atoms with E-state index in [0.717, 1.165) is 5.56 Å². The van der Waals surface area contributed by atoms with Crippen LogP contribution in [0, 0.1) is 0 Å². The molecule has 18 heavy (non-hydrogen) atoms. The van der Waals surface area contributed by atoms with Crippen LogP contribution in [0.1, 0.15) is 16.1 Å². The van der Waals surface area contributed by atoms with Gasteiger partial charge in [0.05, 0.1) is 6.54 Å². The fourth-order valence-electron chi connectivity index (χ4n) is 1.76. The number of rotatable bonds is 4. The molecule has 1 heterocycles. The Morgan fingerprint density at radius 3 is 2.56 bits per heavy atom. The molecule has 0 aliphatic rings. The van der Waals surface area contributed by atoms with Crippen molar-refractivity contribution in [3.63, 3.8) is 0 Å². The van der Waals surface area contributed by atoms with Crippen LogP contribution in [0.4, 0.5) is 5.95 Å². The third-order valence-electron chi connectivity index (χ3n) is 2.61. The number of hydrogen-bond donors (Lipinski definition) is 0. The maximum atomic E-state index is 10.9. The molecule has 1 aromatic heterocycles. The lowest BCUT2D eigenvalue weighted by atomic mass is 10.2. The van der Waals surface area contributed by atoms with Crippen LogP contribution in [0.5, 0.6) is 0 Å². The molecule has 0 saturated heterocycles. The second-order valence-corrected chi connectivity index (χ2v) is 4.53. The van der Waals surface area contributed by atoms with E-state index in [1.165, 1.54) is 0 Å². The van der Waals surface area contributed by atoms with Crippen LogP contribution in [-0.2, 0) is 6.54 Å². The Labute approximate surface area is 111 Å². The SMILES string of the molecule is CN(C)c1nc(C=O)c(Cl)n1Cc1ccccc1. The molecule has 94 valence electrons. The molecule has 0 amide bonds. The Hall–Kier alpha value is -1.81. The van der Waals surface area contributed by atoms with Crippen LogP contribution in [0.3, 0.4) is 0 Å². The Kier molecular flexibility index (Phi) is 3.67. The second-order valence-electron chi connectivity index (χ2n) is 4.17. The minimum atomic E-state index is 0.274. The number of hydrogen-bond acceptors (Lipinski definition) is 3. The molecule has 0 unspecified atom stereocenters. The first kappa shape index (κ1) is 12.6. The number of imidazole rings is 1. The van der Waals surface area contributed by atoms with Crippen molar-refractivity contribution in [1.82, 2.24) is 9.55 Å². The largest absolute Gasteiger partial charge is 0.348 e. The number of carbonyl (C=O) groups excluding carboxylic acids is 1. The van der Waals surface area contributed by atoms with Gasteiger partial charge in [0, 0.05) is 14.1 Å². The molecular weight excluding hydrogens is 250 g/mol. The first-order chi connectivity index (χ1) is 8.63. The number of aromatic nitrogens is 2. The van der Waals surface area contributed by atoms with Gasteiger partial charge in [0.15, 0.2) is 6.29 Å². The van der Waals surface area contributed by atoms with Crippen molar-refractivity contribution in [2.45, 2.75) is 6.54 Å². The van der Waals surface area contributed by atoms with Gasteiger partial charge in [-0.05, 0) is 5.56 Å². The monoisotopic (exact) mass is 263 g/mol. The first-order valence-electron chi connectivity index (χ1n) is 5.56. The van der Waals surface area contributed by atoms with Gasteiger partial charge in [0.2, 0.25) is 5.95 Å². The molecule has 0 radical (unpaired) electrons. The maximum Gasteiger partial charge on any atom is 0.207 e. The third kappa shape index (κ3) is 2.38. The molecule has 0 spiro atoms. The van der Waals surface area contributed by atoms with E-state index < -0.39 is 0 Å². The van der Waals surface area contributed by atoms with Crippen LogP contribution >= 0.6 is 11.6 Å². The van der Waals surface area contributed by atoms with Gasteiger partial charge in [-0.15, -0.1) is 0 Å². The number of benzene rings is 1. The zero-order valence-electron chi connectivity index (χ0n) is 10.3. The van der Waals surface area contributed by atoms with E-state index in [2.05, 4.69) is 4.98 Å². The minimum Gasteiger partial charge on any atom is -0.348 e. The molecule has 4 nitrogen and oxygen atoms in total. The third-order valence-corrected chi connectivity index (χ3v) is 3.00. The van der Waals surface area contributed by atoms with E-state index in [0.29, 0.717) is 23.9 Å². The highest BCUT2D eigenvalue weighted by molar-refractivity contribution is 6.32. The van der Waals surface area contributed by atoms with Gasteiger partial charge in [0.25, 0.3) is 0 Å².